The predicted molar refractivity (Wildman–Crippen MR) is 104 cm³/mol. The number of hydroxylamine groups is 1. The Kier molecular flexibility index (Phi) is 6.18. The van der Waals surface area contributed by atoms with Crippen LogP contribution in [0.2, 0.25) is 0 Å². The monoisotopic (exact) mass is 385 g/mol. The lowest BCUT2D eigenvalue weighted by Crippen LogP contribution is -2.19. The summed E-state index contributed by atoms with van der Waals surface area (Å²) in [6.07, 6.45) is 2.93. The van der Waals surface area contributed by atoms with Crippen molar-refractivity contribution < 1.29 is 18.8 Å². The van der Waals surface area contributed by atoms with E-state index >= 15 is 0 Å². The minimum absolute atomic E-state index is 0.0557. The van der Waals surface area contributed by atoms with Gasteiger partial charge >= 0.3 is 0 Å². The summed E-state index contributed by atoms with van der Waals surface area (Å²) in [6, 6.07) is 10.3. The highest BCUT2D eigenvalue weighted by Crippen LogP contribution is 2.22. The molecule has 1 heterocycles. The summed E-state index contributed by atoms with van der Waals surface area (Å²) < 4.78 is 28.4. The molecule has 7 heteroatoms. The number of aryl methyl sites for hydroxylation is 1. The first-order valence-electron chi connectivity index (χ1n) is 8.86. The van der Waals surface area contributed by atoms with Crippen molar-refractivity contribution in [2.45, 2.75) is 19.9 Å². The number of nitrogens with one attached hydrogen (secondary N) is 3. The van der Waals surface area contributed by atoms with E-state index < -0.39 is 17.5 Å². The summed E-state index contributed by atoms with van der Waals surface area (Å²) in [5, 5.41) is 12.7. The van der Waals surface area contributed by atoms with Crippen LogP contribution in [0.3, 0.4) is 0 Å². The Labute approximate surface area is 161 Å². The van der Waals surface area contributed by atoms with Crippen molar-refractivity contribution in [1.29, 1.82) is 0 Å². The SMILES string of the molecule is Cc1[nH]c2ccccc2c1CCNCc1c(F)cc(C=CC(=O)NO)cc1F. The van der Waals surface area contributed by atoms with E-state index in [-0.39, 0.29) is 17.7 Å². The maximum Gasteiger partial charge on any atom is 0.267 e. The van der Waals surface area contributed by atoms with E-state index in [2.05, 4.69) is 16.4 Å². The van der Waals surface area contributed by atoms with E-state index in [0.29, 0.717) is 6.54 Å². The van der Waals surface area contributed by atoms with Crippen LogP contribution in [-0.4, -0.2) is 22.6 Å². The molecule has 0 radical (unpaired) electrons. The summed E-state index contributed by atoms with van der Waals surface area (Å²) in [7, 11) is 0. The van der Waals surface area contributed by atoms with Gasteiger partial charge in [-0.15, -0.1) is 0 Å². The van der Waals surface area contributed by atoms with E-state index in [1.165, 1.54) is 17.1 Å². The highest BCUT2D eigenvalue weighted by Gasteiger charge is 2.11. The van der Waals surface area contributed by atoms with Crippen LogP contribution in [-0.2, 0) is 17.8 Å². The first-order valence-corrected chi connectivity index (χ1v) is 8.86. The average molecular weight is 385 g/mol. The summed E-state index contributed by atoms with van der Waals surface area (Å²) in [5.74, 6) is -2.17. The molecule has 0 atom stereocenters. The first-order chi connectivity index (χ1) is 13.5. The van der Waals surface area contributed by atoms with Crippen molar-refractivity contribution in [3.63, 3.8) is 0 Å². The Hall–Kier alpha value is -3.03. The number of carbonyl (C=O) groups is 1. The van der Waals surface area contributed by atoms with Crippen molar-refractivity contribution in [1.82, 2.24) is 15.8 Å². The first kappa shape index (κ1) is 19.7. The van der Waals surface area contributed by atoms with Gasteiger partial charge in [-0.3, -0.25) is 10.0 Å². The number of hydrogen-bond donors (Lipinski definition) is 4. The Bertz CT molecular complexity index is 1000. The van der Waals surface area contributed by atoms with Crippen LogP contribution >= 0.6 is 0 Å². The lowest BCUT2D eigenvalue weighted by atomic mass is 10.1. The van der Waals surface area contributed by atoms with Crippen LogP contribution in [0.1, 0.15) is 22.4 Å². The quantitative estimate of drug-likeness (QED) is 0.217. The fourth-order valence-corrected chi connectivity index (χ4v) is 3.18. The number of amides is 1. The highest BCUT2D eigenvalue weighted by atomic mass is 19.1. The van der Waals surface area contributed by atoms with Gasteiger partial charge in [-0.25, -0.2) is 14.3 Å². The highest BCUT2D eigenvalue weighted by molar-refractivity contribution is 5.90. The fourth-order valence-electron chi connectivity index (χ4n) is 3.18. The standard InChI is InChI=1S/C21H21F2N3O2/c1-13-15(16-4-2-3-5-20(16)25-13)8-9-24-12-17-18(22)10-14(11-19(17)23)6-7-21(27)26-28/h2-7,10-11,24-25,28H,8-9,12H2,1H3,(H,26,27). The third-order valence-electron chi connectivity index (χ3n) is 4.58. The Morgan fingerprint density at radius 2 is 1.89 bits per heavy atom. The minimum atomic E-state index is -0.779. The number of rotatable bonds is 7. The number of carbonyl (C=O) groups excluding carboxylic acids is 1. The van der Waals surface area contributed by atoms with Crippen molar-refractivity contribution in [3.8, 4) is 0 Å². The molecular formula is C21H21F2N3O2. The molecule has 0 spiro atoms. The van der Waals surface area contributed by atoms with Gasteiger partial charge in [0.05, 0.1) is 0 Å². The third-order valence-corrected chi connectivity index (χ3v) is 4.58. The smallest absolute Gasteiger partial charge is 0.267 e. The molecule has 5 nitrogen and oxygen atoms in total. The lowest BCUT2D eigenvalue weighted by molar-refractivity contribution is -0.124. The topological polar surface area (TPSA) is 77.2 Å². The van der Waals surface area contributed by atoms with Crippen LogP contribution in [0.15, 0.2) is 42.5 Å². The molecule has 3 aromatic rings. The van der Waals surface area contributed by atoms with Crippen molar-refractivity contribution in [3.05, 3.63) is 76.5 Å². The lowest BCUT2D eigenvalue weighted by Gasteiger charge is -2.09. The molecule has 2 aromatic carbocycles. The van der Waals surface area contributed by atoms with E-state index in [4.69, 9.17) is 5.21 Å². The molecule has 28 heavy (non-hydrogen) atoms. The molecule has 0 aliphatic rings. The number of aromatic amines is 1. The molecule has 4 N–H and O–H groups in total. The number of hydrogen-bond acceptors (Lipinski definition) is 3. The Morgan fingerprint density at radius 3 is 2.61 bits per heavy atom. The molecule has 0 saturated heterocycles. The second kappa shape index (κ2) is 8.77. The van der Waals surface area contributed by atoms with Crippen molar-refractivity contribution >= 4 is 22.9 Å². The second-order valence-electron chi connectivity index (χ2n) is 6.47. The molecule has 0 unspecified atom stereocenters. The van der Waals surface area contributed by atoms with Gasteiger partial charge in [0.1, 0.15) is 11.6 Å². The molecule has 1 aromatic heterocycles. The van der Waals surface area contributed by atoms with Gasteiger partial charge in [0.15, 0.2) is 0 Å². The molecule has 3 rings (SSSR count). The normalized spacial score (nSPS) is 11.4. The maximum absolute atomic E-state index is 14.2. The van der Waals surface area contributed by atoms with Gasteiger partial charge in [-0.05, 0) is 55.3 Å². The summed E-state index contributed by atoms with van der Waals surface area (Å²) in [5.41, 5.74) is 4.89. The average Bonchev–Trinajstić information content (AvgIpc) is 3.00. The van der Waals surface area contributed by atoms with Gasteiger partial charge < -0.3 is 10.3 Å². The van der Waals surface area contributed by atoms with Gasteiger partial charge in [0.25, 0.3) is 5.91 Å². The number of halogens is 2. The molecule has 0 saturated carbocycles. The van der Waals surface area contributed by atoms with Gasteiger partial charge in [0.2, 0.25) is 0 Å². The number of benzene rings is 2. The second-order valence-corrected chi connectivity index (χ2v) is 6.47. The van der Waals surface area contributed by atoms with Crippen molar-refractivity contribution in [2.75, 3.05) is 6.54 Å². The molecule has 146 valence electrons. The molecule has 0 bridgehead atoms. The number of fused-ring (bicyclic) bond motifs is 1. The molecule has 0 fully saturated rings. The number of aromatic nitrogens is 1. The van der Waals surface area contributed by atoms with Gasteiger partial charge in [-0.2, -0.15) is 0 Å². The summed E-state index contributed by atoms with van der Waals surface area (Å²) >= 11 is 0. The minimum Gasteiger partial charge on any atom is -0.358 e. The third kappa shape index (κ3) is 4.44. The molecular weight excluding hydrogens is 364 g/mol. The zero-order valence-corrected chi connectivity index (χ0v) is 15.4. The zero-order valence-electron chi connectivity index (χ0n) is 15.4. The van der Waals surface area contributed by atoms with E-state index in [0.717, 1.165) is 41.2 Å². The van der Waals surface area contributed by atoms with Crippen LogP contribution in [0, 0.1) is 18.6 Å². The van der Waals surface area contributed by atoms with Crippen LogP contribution in [0.25, 0.3) is 17.0 Å². The van der Waals surface area contributed by atoms with E-state index in [1.807, 2.05) is 25.1 Å². The summed E-state index contributed by atoms with van der Waals surface area (Å²) in [6.45, 7) is 2.64. The number of para-hydroxylation sites is 1. The van der Waals surface area contributed by atoms with E-state index in [1.54, 1.807) is 0 Å². The zero-order chi connectivity index (χ0) is 20.1. The van der Waals surface area contributed by atoms with Gasteiger partial charge in [-0.1, -0.05) is 18.2 Å². The Morgan fingerprint density at radius 1 is 1.18 bits per heavy atom. The molecule has 0 aliphatic carbocycles. The maximum atomic E-state index is 14.2. The van der Waals surface area contributed by atoms with Gasteiger partial charge in [0, 0.05) is 34.8 Å². The largest absolute Gasteiger partial charge is 0.358 e. The van der Waals surface area contributed by atoms with E-state index in [9.17, 15) is 13.6 Å². The molecule has 1 amide bonds. The van der Waals surface area contributed by atoms with Crippen LogP contribution < -0.4 is 10.8 Å². The number of H-pyrrole nitrogens is 1. The summed E-state index contributed by atoms with van der Waals surface area (Å²) in [4.78, 5) is 14.3. The fraction of sp³-hybridized carbons (Fsp3) is 0.190. The van der Waals surface area contributed by atoms with Crippen LogP contribution in [0.4, 0.5) is 8.78 Å². The Balaban J connectivity index is 1.62. The van der Waals surface area contributed by atoms with Crippen molar-refractivity contribution in [2.24, 2.45) is 0 Å². The predicted octanol–water partition coefficient (Wildman–Crippen LogP) is 3.61. The van der Waals surface area contributed by atoms with Crippen LogP contribution in [0.5, 0.6) is 0 Å². The molecule has 0 aliphatic heterocycles.